The van der Waals surface area contributed by atoms with Crippen LogP contribution >= 0.6 is 0 Å². The molecule has 2 N–H and O–H groups in total. The van der Waals surface area contributed by atoms with Crippen LogP contribution in [-0.2, 0) is 53.9 Å². The SMILES string of the molecule is COC(=O)C1O[C@@H](Oc2ccc(CO[Si](C)(C)C(C)(C)C)cc2N)C(OC(C)=O)[C@@H](OC(C)=O)[C@@H]1OC(C)=O. The monoisotopic (exact) mass is 569 g/mol. The summed E-state index contributed by atoms with van der Waals surface area (Å²) in [4.78, 5) is 48.3. The van der Waals surface area contributed by atoms with Crippen molar-refractivity contribution in [2.24, 2.45) is 0 Å². The number of carbonyl (C=O) groups is 4. The summed E-state index contributed by atoms with van der Waals surface area (Å²) in [5, 5.41) is 0.0320. The third-order valence-corrected chi connectivity index (χ3v) is 11.0. The molecule has 1 aliphatic heterocycles. The second kappa shape index (κ2) is 12.8. The number of rotatable bonds is 9. The van der Waals surface area contributed by atoms with Gasteiger partial charge in [-0.3, -0.25) is 14.4 Å². The molecule has 2 unspecified atom stereocenters. The molecule has 1 fully saturated rings. The highest BCUT2D eigenvalue weighted by Crippen LogP contribution is 2.38. The lowest BCUT2D eigenvalue weighted by Crippen LogP contribution is -2.64. The Bertz CT molecular complexity index is 1070. The lowest BCUT2D eigenvalue weighted by Gasteiger charge is -2.43. The van der Waals surface area contributed by atoms with Crippen molar-refractivity contribution in [2.45, 2.75) is 97.0 Å². The van der Waals surface area contributed by atoms with E-state index in [1.54, 1.807) is 18.2 Å². The number of ether oxygens (including phenoxy) is 6. The van der Waals surface area contributed by atoms with E-state index in [1.807, 2.05) is 0 Å². The smallest absolute Gasteiger partial charge is 0.339 e. The topological polar surface area (TPSA) is 159 Å². The Hall–Kier alpha value is -3.16. The molecule has 5 atom stereocenters. The molecule has 2 rings (SSSR count). The molecule has 12 nitrogen and oxygen atoms in total. The van der Waals surface area contributed by atoms with Crippen molar-refractivity contribution in [2.75, 3.05) is 12.8 Å². The van der Waals surface area contributed by atoms with Crippen molar-refractivity contribution < 1.29 is 52.0 Å². The van der Waals surface area contributed by atoms with Crippen molar-refractivity contribution in [1.82, 2.24) is 0 Å². The molecule has 0 bridgehead atoms. The van der Waals surface area contributed by atoms with Crippen LogP contribution in [0.3, 0.4) is 0 Å². The van der Waals surface area contributed by atoms with Gasteiger partial charge in [-0.2, -0.15) is 0 Å². The van der Waals surface area contributed by atoms with Gasteiger partial charge in [0.25, 0.3) is 0 Å². The van der Waals surface area contributed by atoms with Crippen LogP contribution in [0.2, 0.25) is 18.1 Å². The Kier molecular flexibility index (Phi) is 10.5. The Morgan fingerprint density at radius 2 is 1.46 bits per heavy atom. The van der Waals surface area contributed by atoms with Gasteiger partial charge in [-0.1, -0.05) is 26.8 Å². The highest BCUT2D eigenvalue weighted by molar-refractivity contribution is 6.74. The predicted octanol–water partition coefficient (Wildman–Crippen LogP) is 2.86. The number of methoxy groups -OCH3 is 1. The first-order valence-electron chi connectivity index (χ1n) is 12.4. The zero-order chi connectivity index (χ0) is 29.7. The van der Waals surface area contributed by atoms with E-state index in [4.69, 9.17) is 38.6 Å². The molecule has 218 valence electrons. The zero-order valence-corrected chi connectivity index (χ0v) is 24.9. The van der Waals surface area contributed by atoms with Crippen LogP contribution in [0.15, 0.2) is 18.2 Å². The first-order valence-corrected chi connectivity index (χ1v) is 15.3. The first kappa shape index (κ1) is 32.1. The van der Waals surface area contributed by atoms with Gasteiger partial charge in [0, 0.05) is 20.8 Å². The van der Waals surface area contributed by atoms with Crippen LogP contribution in [0.4, 0.5) is 5.69 Å². The Balaban J connectivity index is 2.41. The van der Waals surface area contributed by atoms with E-state index in [9.17, 15) is 19.2 Å². The van der Waals surface area contributed by atoms with Crippen LogP contribution in [0.5, 0.6) is 5.75 Å². The number of hydrogen-bond donors (Lipinski definition) is 1. The van der Waals surface area contributed by atoms with Crippen molar-refractivity contribution in [3.63, 3.8) is 0 Å². The van der Waals surface area contributed by atoms with Gasteiger partial charge in [-0.05, 0) is 35.8 Å². The fraction of sp³-hybridized carbons (Fsp3) is 0.615. The molecular formula is C26H39NO11Si. The lowest BCUT2D eigenvalue weighted by molar-refractivity contribution is -0.282. The van der Waals surface area contributed by atoms with E-state index in [1.165, 1.54) is 0 Å². The maximum atomic E-state index is 12.6. The van der Waals surface area contributed by atoms with Gasteiger partial charge < -0.3 is 38.6 Å². The van der Waals surface area contributed by atoms with Crippen LogP contribution in [-0.4, -0.2) is 70.0 Å². The maximum absolute atomic E-state index is 12.6. The zero-order valence-electron chi connectivity index (χ0n) is 23.9. The molecule has 1 saturated heterocycles. The van der Waals surface area contributed by atoms with E-state index >= 15 is 0 Å². The van der Waals surface area contributed by atoms with Crippen LogP contribution in [0.1, 0.15) is 47.1 Å². The normalized spacial score (nSPS) is 23.4. The first-order chi connectivity index (χ1) is 18.0. The summed E-state index contributed by atoms with van der Waals surface area (Å²) < 4.78 is 38.7. The Morgan fingerprint density at radius 1 is 0.923 bits per heavy atom. The summed E-state index contributed by atoms with van der Waals surface area (Å²) in [7, 11) is -0.897. The molecule has 1 heterocycles. The quantitative estimate of drug-likeness (QED) is 0.201. The Morgan fingerprint density at radius 3 is 1.95 bits per heavy atom. The second-order valence-electron chi connectivity index (χ2n) is 10.7. The third kappa shape index (κ3) is 8.41. The van der Waals surface area contributed by atoms with Crippen molar-refractivity contribution in [3.8, 4) is 5.75 Å². The molecule has 0 spiro atoms. The van der Waals surface area contributed by atoms with Crippen LogP contribution in [0, 0.1) is 0 Å². The number of nitrogens with two attached hydrogens (primary N) is 1. The van der Waals surface area contributed by atoms with E-state index in [2.05, 4.69) is 33.9 Å². The molecule has 1 aromatic carbocycles. The van der Waals surface area contributed by atoms with Gasteiger partial charge in [-0.15, -0.1) is 0 Å². The van der Waals surface area contributed by atoms with Gasteiger partial charge in [0.05, 0.1) is 19.4 Å². The minimum atomic E-state index is -2.00. The average Bonchev–Trinajstić information content (AvgIpc) is 2.80. The number of anilines is 1. The summed E-state index contributed by atoms with van der Waals surface area (Å²) >= 11 is 0. The molecule has 0 saturated carbocycles. The molecule has 0 amide bonds. The van der Waals surface area contributed by atoms with Crippen molar-refractivity contribution >= 4 is 37.9 Å². The minimum Gasteiger partial charge on any atom is -0.467 e. The second-order valence-corrected chi connectivity index (χ2v) is 15.5. The summed E-state index contributed by atoms with van der Waals surface area (Å²) in [5.41, 5.74) is 7.29. The predicted molar refractivity (Wildman–Crippen MR) is 141 cm³/mol. The highest BCUT2D eigenvalue weighted by atomic mass is 28.4. The van der Waals surface area contributed by atoms with Gasteiger partial charge in [0.15, 0.2) is 26.6 Å². The maximum Gasteiger partial charge on any atom is 0.339 e. The highest BCUT2D eigenvalue weighted by Gasteiger charge is 2.56. The van der Waals surface area contributed by atoms with E-state index in [-0.39, 0.29) is 16.5 Å². The number of benzene rings is 1. The fourth-order valence-electron chi connectivity index (χ4n) is 3.58. The summed E-state index contributed by atoms with van der Waals surface area (Å²) in [6, 6.07) is 5.01. The van der Waals surface area contributed by atoms with Gasteiger partial charge in [-0.25, -0.2) is 4.79 Å². The standard InChI is InChI=1S/C26H39NO11Si/c1-14(28)34-20-21(35-15(2)29)23(36-16(3)30)25(38-22(20)24(31)32-7)37-19-11-10-17(12-18(19)27)13-33-39(8,9)26(4,5)6/h10-12,20-23,25H,13,27H2,1-9H3/t20-,21-,22?,23?,25+/m0/s1. The molecule has 0 aromatic heterocycles. The number of nitrogen functional groups attached to an aromatic ring is 1. The van der Waals surface area contributed by atoms with Gasteiger partial charge in [0.2, 0.25) is 12.4 Å². The summed E-state index contributed by atoms with van der Waals surface area (Å²) in [6.07, 6.45) is -7.45. The molecule has 1 aromatic rings. The van der Waals surface area contributed by atoms with Crippen molar-refractivity contribution in [3.05, 3.63) is 23.8 Å². The molecule has 13 heteroatoms. The number of hydrogen-bond acceptors (Lipinski definition) is 12. The molecular weight excluding hydrogens is 530 g/mol. The summed E-state index contributed by atoms with van der Waals surface area (Å²) in [5.74, 6) is -3.14. The average molecular weight is 570 g/mol. The third-order valence-electron chi connectivity index (χ3n) is 6.56. The van der Waals surface area contributed by atoms with Crippen LogP contribution in [0.25, 0.3) is 0 Å². The minimum absolute atomic E-state index is 0.0320. The largest absolute Gasteiger partial charge is 0.467 e. The number of carbonyl (C=O) groups excluding carboxylic acids is 4. The van der Waals surface area contributed by atoms with E-state index < -0.39 is 62.9 Å². The van der Waals surface area contributed by atoms with Crippen LogP contribution < -0.4 is 10.5 Å². The number of esters is 4. The van der Waals surface area contributed by atoms with E-state index in [0.717, 1.165) is 33.4 Å². The van der Waals surface area contributed by atoms with E-state index in [0.29, 0.717) is 6.61 Å². The van der Waals surface area contributed by atoms with Gasteiger partial charge in [0.1, 0.15) is 5.75 Å². The lowest BCUT2D eigenvalue weighted by atomic mass is 9.97. The van der Waals surface area contributed by atoms with Gasteiger partial charge >= 0.3 is 23.9 Å². The van der Waals surface area contributed by atoms with Crippen molar-refractivity contribution in [1.29, 1.82) is 0 Å². The molecule has 1 aliphatic rings. The fourth-order valence-corrected chi connectivity index (χ4v) is 4.54. The molecule has 39 heavy (non-hydrogen) atoms. The molecule has 0 radical (unpaired) electrons. The molecule has 0 aliphatic carbocycles. The summed E-state index contributed by atoms with van der Waals surface area (Å²) in [6.45, 7) is 14.4. The Labute approximate surface area is 229 Å².